The number of pyridine rings is 1. The van der Waals surface area contributed by atoms with Gasteiger partial charge in [0.1, 0.15) is 0 Å². The van der Waals surface area contributed by atoms with E-state index in [0.717, 1.165) is 0 Å². The van der Waals surface area contributed by atoms with E-state index in [9.17, 15) is 0 Å². The third-order valence-electron chi connectivity index (χ3n) is 1.25. The molecule has 0 bridgehead atoms. The molecule has 1 nitrogen and oxygen atoms in total. The molecule has 0 spiro atoms. The fraction of sp³-hybridized carbons (Fsp3) is 0. The van der Waals surface area contributed by atoms with E-state index in [-0.39, 0.29) is 13.8 Å². The monoisotopic (exact) mass is 172 g/mol. The maximum Gasteiger partial charge on any atom is 1.00 e. The van der Waals surface area contributed by atoms with Crippen LogP contribution in [0.2, 0.25) is 0 Å². The van der Waals surface area contributed by atoms with Crippen LogP contribution in [0.5, 0.6) is 0 Å². The lowest BCUT2D eigenvalue weighted by Gasteiger charge is -1.81. The van der Waals surface area contributed by atoms with Crippen LogP contribution in [0.4, 0.5) is 0 Å². The lowest BCUT2D eigenvalue weighted by atomic mass is 10.4. The molecule has 2 heterocycles. The summed E-state index contributed by atoms with van der Waals surface area (Å²) in [6, 6.07) is 4.10. The van der Waals surface area contributed by atoms with Crippen molar-refractivity contribution in [1.82, 2.24) is 4.98 Å². The van der Waals surface area contributed by atoms with Gasteiger partial charge in [-0.05, 0) is 17.5 Å². The largest absolute Gasteiger partial charge is 1.00 e. The first-order chi connectivity index (χ1) is 4.47. The van der Waals surface area contributed by atoms with Gasteiger partial charge in [-0.3, -0.25) is 4.98 Å². The molecule has 0 atom stereocenters. The highest BCUT2D eigenvalue weighted by atomic mass is 35.5. The highest BCUT2D eigenvalue weighted by molar-refractivity contribution is 7.17. The van der Waals surface area contributed by atoms with E-state index >= 15 is 0 Å². The molecule has 3 heteroatoms. The van der Waals surface area contributed by atoms with E-state index in [4.69, 9.17) is 0 Å². The van der Waals surface area contributed by atoms with Crippen molar-refractivity contribution in [2.75, 3.05) is 0 Å². The summed E-state index contributed by atoms with van der Waals surface area (Å²) in [5.41, 5.74) is 0. The predicted octanol–water partition coefficient (Wildman–Crippen LogP) is 2.83. The molecule has 0 amide bonds. The summed E-state index contributed by atoms with van der Waals surface area (Å²) in [6.45, 7) is 0. The van der Waals surface area contributed by atoms with Crippen molar-refractivity contribution in [3.05, 3.63) is 29.9 Å². The maximum absolute atomic E-state index is 3.99. The number of fused-ring (bicyclic) bond motifs is 1. The second-order valence-electron chi connectivity index (χ2n) is 1.83. The SMILES string of the molecule is Cl.[H+].c1cc2sccc2cn1. The molecule has 0 saturated heterocycles. The summed E-state index contributed by atoms with van der Waals surface area (Å²) in [5.74, 6) is 0. The van der Waals surface area contributed by atoms with E-state index in [1.807, 2.05) is 18.5 Å². The van der Waals surface area contributed by atoms with Gasteiger partial charge in [-0.15, -0.1) is 23.7 Å². The summed E-state index contributed by atoms with van der Waals surface area (Å²) >= 11 is 1.75. The number of hydrogen-bond donors (Lipinski definition) is 0. The number of aromatic nitrogens is 1. The third kappa shape index (κ3) is 1.13. The van der Waals surface area contributed by atoms with E-state index in [2.05, 4.69) is 16.4 Å². The first kappa shape index (κ1) is 7.51. The average Bonchev–Trinajstić information content (AvgIpc) is 2.33. The van der Waals surface area contributed by atoms with Gasteiger partial charge in [0.25, 0.3) is 0 Å². The molecular formula is C7H7ClNS+. The highest BCUT2D eigenvalue weighted by Crippen LogP contribution is 2.17. The number of halogens is 1. The lowest BCUT2D eigenvalue weighted by Crippen LogP contribution is -1.64. The Bertz CT molecular complexity index is 292. The summed E-state index contributed by atoms with van der Waals surface area (Å²) in [4.78, 5) is 3.99. The van der Waals surface area contributed by atoms with Crippen molar-refractivity contribution in [3.8, 4) is 0 Å². The van der Waals surface area contributed by atoms with Crippen LogP contribution in [0.25, 0.3) is 10.1 Å². The number of thiophene rings is 1. The van der Waals surface area contributed by atoms with Crippen molar-refractivity contribution in [2.45, 2.75) is 0 Å². The molecule has 0 aromatic carbocycles. The number of rotatable bonds is 0. The van der Waals surface area contributed by atoms with Gasteiger partial charge in [0, 0.05) is 22.5 Å². The maximum atomic E-state index is 3.99. The molecule has 10 heavy (non-hydrogen) atoms. The first-order valence-electron chi connectivity index (χ1n) is 2.74. The van der Waals surface area contributed by atoms with Crippen LogP contribution in [0, 0.1) is 0 Å². The van der Waals surface area contributed by atoms with Gasteiger partial charge >= 0.3 is 1.43 Å². The summed E-state index contributed by atoms with van der Waals surface area (Å²) in [6.07, 6.45) is 3.70. The molecule has 0 fully saturated rings. The molecule has 2 aromatic heterocycles. The second-order valence-corrected chi connectivity index (χ2v) is 2.78. The summed E-state index contributed by atoms with van der Waals surface area (Å²) < 4.78 is 1.31. The van der Waals surface area contributed by atoms with Gasteiger partial charge in [0.15, 0.2) is 0 Å². The Morgan fingerprint density at radius 3 is 3.10 bits per heavy atom. The smallest absolute Gasteiger partial charge is 0.264 e. The lowest BCUT2D eigenvalue weighted by molar-refractivity contribution is 1.37. The molecule has 0 aliphatic rings. The van der Waals surface area contributed by atoms with Crippen LogP contribution < -0.4 is 0 Å². The molecule has 0 aliphatic carbocycles. The van der Waals surface area contributed by atoms with Crippen LogP contribution in [0.1, 0.15) is 1.43 Å². The van der Waals surface area contributed by atoms with Gasteiger partial charge in [0.05, 0.1) is 0 Å². The molecule has 2 aromatic rings. The zero-order chi connectivity index (χ0) is 6.10. The van der Waals surface area contributed by atoms with Gasteiger partial charge in [-0.25, -0.2) is 0 Å². The molecule has 0 N–H and O–H groups in total. The van der Waals surface area contributed by atoms with Crippen LogP contribution in [0.3, 0.4) is 0 Å². The van der Waals surface area contributed by atoms with Gasteiger partial charge < -0.3 is 0 Å². The molecule has 0 radical (unpaired) electrons. The fourth-order valence-electron chi connectivity index (χ4n) is 0.807. The van der Waals surface area contributed by atoms with E-state index in [1.165, 1.54) is 10.1 Å². The third-order valence-corrected chi connectivity index (χ3v) is 2.15. The zero-order valence-electron chi connectivity index (χ0n) is 6.15. The molecule has 0 unspecified atom stereocenters. The van der Waals surface area contributed by atoms with E-state index in [0.29, 0.717) is 0 Å². The minimum atomic E-state index is 0. The Hall–Kier alpha value is -0.600. The molecular weight excluding hydrogens is 166 g/mol. The average molecular weight is 173 g/mol. The predicted molar refractivity (Wildman–Crippen MR) is 48.0 cm³/mol. The Kier molecular flexibility index (Phi) is 2.25. The van der Waals surface area contributed by atoms with Crippen molar-refractivity contribution >= 4 is 33.8 Å². The van der Waals surface area contributed by atoms with Crippen molar-refractivity contribution in [3.63, 3.8) is 0 Å². The minimum absolute atomic E-state index is 0. The molecule has 0 aliphatic heterocycles. The molecule has 52 valence electrons. The van der Waals surface area contributed by atoms with E-state index < -0.39 is 0 Å². The Balaban J connectivity index is 0.000000500. The quantitative estimate of drug-likeness (QED) is 0.596. The Labute approximate surface area is 70.6 Å². The number of nitrogens with zero attached hydrogens (tertiary/aromatic N) is 1. The van der Waals surface area contributed by atoms with E-state index in [1.54, 1.807) is 11.3 Å². The van der Waals surface area contributed by atoms with Gasteiger partial charge in [0.2, 0.25) is 0 Å². The molecule has 2 rings (SSSR count). The zero-order valence-corrected chi connectivity index (χ0v) is 6.78. The van der Waals surface area contributed by atoms with Crippen molar-refractivity contribution in [2.24, 2.45) is 0 Å². The minimum Gasteiger partial charge on any atom is -0.264 e. The summed E-state index contributed by atoms with van der Waals surface area (Å²) in [7, 11) is 0. The van der Waals surface area contributed by atoms with Crippen LogP contribution in [0.15, 0.2) is 29.9 Å². The normalized spacial score (nSPS) is 9.20. The second kappa shape index (κ2) is 2.99. The Morgan fingerprint density at radius 1 is 1.40 bits per heavy atom. The first-order valence-corrected chi connectivity index (χ1v) is 3.62. The Morgan fingerprint density at radius 2 is 2.30 bits per heavy atom. The molecule has 0 saturated carbocycles. The van der Waals surface area contributed by atoms with Crippen LogP contribution in [-0.4, -0.2) is 4.98 Å². The summed E-state index contributed by atoms with van der Waals surface area (Å²) in [5, 5.41) is 3.31. The van der Waals surface area contributed by atoms with Crippen LogP contribution in [-0.2, 0) is 0 Å². The van der Waals surface area contributed by atoms with Crippen LogP contribution >= 0.6 is 23.7 Å². The van der Waals surface area contributed by atoms with Crippen molar-refractivity contribution in [1.29, 1.82) is 0 Å². The van der Waals surface area contributed by atoms with Gasteiger partial charge in [-0.2, -0.15) is 0 Å². The standard InChI is InChI=1S/C7H5NS.ClH/c1-3-8-5-6-2-4-9-7(1)6;/h1-5H;1H/p+1. The highest BCUT2D eigenvalue weighted by Gasteiger charge is 1.88. The fourth-order valence-corrected chi connectivity index (χ4v) is 1.56. The number of hydrogen-bond acceptors (Lipinski definition) is 2. The topological polar surface area (TPSA) is 12.9 Å². The van der Waals surface area contributed by atoms with Gasteiger partial charge in [-0.1, -0.05) is 0 Å². The van der Waals surface area contributed by atoms with Crippen molar-refractivity contribution < 1.29 is 1.43 Å².